The third kappa shape index (κ3) is 3.71. The van der Waals surface area contributed by atoms with Gasteiger partial charge in [-0.2, -0.15) is 0 Å². The molecule has 16 heavy (non-hydrogen) atoms. The molecule has 90 valence electrons. The maximum Gasteiger partial charge on any atom is 0.272 e. The fraction of sp³-hybridized carbons (Fsp3) is 0.333. The maximum atomic E-state index is 12.0. The SMILES string of the molecule is CS(=O)(=O)c1ccc(Br)cc1OCC(F)F. The Kier molecular flexibility index (Phi) is 4.26. The molecule has 3 nitrogen and oxygen atoms in total. The first kappa shape index (κ1) is 13.4. The number of sulfone groups is 1. The smallest absolute Gasteiger partial charge is 0.272 e. The number of halogens is 3. The normalized spacial score (nSPS) is 11.8. The number of alkyl halides is 2. The first-order chi connectivity index (χ1) is 7.30. The Labute approximate surface area is 100 Å². The summed E-state index contributed by atoms with van der Waals surface area (Å²) in [6, 6.07) is 4.16. The van der Waals surface area contributed by atoms with E-state index in [1.807, 2.05) is 0 Å². The van der Waals surface area contributed by atoms with Gasteiger partial charge in [0.2, 0.25) is 0 Å². The quantitative estimate of drug-likeness (QED) is 0.857. The number of rotatable bonds is 4. The van der Waals surface area contributed by atoms with Crippen molar-refractivity contribution in [3.8, 4) is 5.75 Å². The Morgan fingerprint density at radius 1 is 1.44 bits per heavy atom. The van der Waals surface area contributed by atoms with Gasteiger partial charge in [0.15, 0.2) is 9.84 Å². The number of ether oxygens (including phenoxy) is 1. The third-order valence-corrected chi connectivity index (χ3v) is 3.30. The van der Waals surface area contributed by atoms with Gasteiger partial charge in [-0.3, -0.25) is 0 Å². The van der Waals surface area contributed by atoms with Crippen LogP contribution in [0.25, 0.3) is 0 Å². The lowest BCUT2D eigenvalue weighted by molar-refractivity contribution is 0.0804. The minimum absolute atomic E-state index is 0.0721. The second kappa shape index (κ2) is 5.09. The number of hydrogen-bond donors (Lipinski definition) is 0. The lowest BCUT2D eigenvalue weighted by atomic mass is 10.3. The van der Waals surface area contributed by atoms with E-state index in [1.165, 1.54) is 18.2 Å². The summed E-state index contributed by atoms with van der Waals surface area (Å²) >= 11 is 3.11. The Bertz CT molecular complexity index is 474. The van der Waals surface area contributed by atoms with Crippen molar-refractivity contribution in [1.29, 1.82) is 0 Å². The van der Waals surface area contributed by atoms with E-state index in [0.717, 1.165) is 6.26 Å². The highest BCUT2D eigenvalue weighted by molar-refractivity contribution is 9.10. The highest BCUT2D eigenvalue weighted by atomic mass is 79.9. The lowest BCUT2D eigenvalue weighted by Gasteiger charge is -2.10. The molecule has 0 saturated carbocycles. The van der Waals surface area contributed by atoms with Gasteiger partial charge in [-0.15, -0.1) is 0 Å². The summed E-state index contributed by atoms with van der Waals surface area (Å²) in [6.45, 7) is -0.834. The topological polar surface area (TPSA) is 43.4 Å². The molecule has 1 aromatic carbocycles. The van der Waals surface area contributed by atoms with Crippen molar-refractivity contribution in [3.63, 3.8) is 0 Å². The minimum atomic E-state index is -3.49. The summed E-state index contributed by atoms with van der Waals surface area (Å²) < 4.78 is 51.9. The van der Waals surface area contributed by atoms with Crippen molar-refractivity contribution in [2.24, 2.45) is 0 Å². The first-order valence-corrected chi connectivity index (χ1v) is 6.89. The van der Waals surface area contributed by atoms with E-state index in [4.69, 9.17) is 4.74 Å². The fourth-order valence-corrected chi connectivity index (χ4v) is 2.19. The summed E-state index contributed by atoms with van der Waals surface area (Å²) in [5.74, 6) is -0.0721. The summed E-state index contributed by atoms with van der Waals surface area (Å²) in [5, 5.41) is 0. The van der Waals surface area contributed by atoms with E-state index in [9.17, 15) is 17.2 Å². The molecule has 0 saturated heterocycles. The van der Waals surface area contributed by atoms with Crippen molar-refractivity contribution in [2.45, 2.75) is 11.3 Å². The van der Waals surface area contributed by atoms with Gasteiger partial charge in [-0.05, 0) is 18.2 Å². The maximum absolute atomic E-state index is 12.0. The highest BCUT2D eigenvalue weighted by Gasteiger charge is 2.16. The minimum Gasteiger partial charge on any atom is -0.486 e. The van der Waals surface area contributed by atoms with E-state index in [1.54, 1.807) is 0 Å². The van der Waals surface area contributed by atoms with E-state index in [2.05, 4.69) is 15.9 Å². The van der Waals surface area contributed by atoms with Gasteiger partial charge in [0, 0.05) is 10.7 Å². The molecule has 0 heterocycles. The number of benzene rings is 1. The zero-order valence-electron chi connectivity index (χ0n) is 8.28. The molecule has 0 fully saturated rings. The van der Waals surface area contributed by atoms with Gasteiger partial charge in [0.05, 0.1) is 0 Å². The van der Waals surface area contributed by atoms with E-state index in [-0.39, 0.29) is 10.6 Å². The largest absolute Gasteiger partial charge is 0.486 e. The van der Waals surface area contributed by atoms with Crippen LogP contribution >= 0.6 is 15.9 Å². The van der Waals surface area contributed by atoms with Crippen molar-refractivity contribution in [3.05, 3.63) is 22.7 Å². The van der Waals surface area contributed by atoms with Crippen molar-refractivity contribution >= 4 is 25.8 Å². The average molecular weight is 315 g/mol. The van der Waals surface area contributed by atoms with E-state index >= 15 is 0 Å². The molecular formula is C9H9BrF2O3S. The van der Waals surface area contributed by atoms with Crippen LogP contribution in [0.15, 0.2) is 27.6 Å². The molecule has 0 bridgehead atoms. The van der Waals surface area contributed by atoms with Crippen molar-refractivity contribution in [1.82, 2.24) is 0 Å². The Hall–Kier alpha value is -0.690. The van der Waals surface area contributed by atoms with Gasteiger partial charge < -0.3 is 4.74 Å². The van der Waals surface area contributed by atoms with Crippen LogP contribution in [0.2, 0.25) is 0 Å². The van der Waals surface area contributed by atoms with E-state index in [0.29, 0.717) is 4.47 Å². The van der Waals surface area contributed by atoms with Crippen LogP contribution in [0.3, 0.4) is 0 Å². The summed E-state index contributed by atoms with van der Waals surface area (Å²) in [5.41, 5.74) is 0. The molecule has 0 aliphatic carbocycles. The van der Waals surface area contributed by atoms with Gasteiger partial charge >= 0.3 is 0 Å². The van der Waals surface area contributed by atoms with Crippen molar-refractivity contribution in [2.75, 3.05) is 12.9 Å². The van der Waals surface area contributed by atoms with Crippen LogP contribution in [0.1, 0.15) is 0 Å². The van der Waals surface area contributed by atoms with Crippen LogP contribution in [0.5, 0.6) is 5.75 Å². The van der Waals surface area contributed by atoms with Crippen LogP contribution < -0.4 is 4.74 Å². The van der Waals surface area contributed by atoms with Crippen LogP contribution in [0, 0.1) is 0 Å². The van der Waals surface area contributed by atoms with Crippen LogP contribution in [-0.4, -0.2) is 27.7 Å². The standard InChI is InChI=1S/C9H9BrF2O3S/c1-16(13,14)8-3-2-6(10)4-7(8)15-5-9(11)12/h2-4,9H,5H2,1H3. The van der Waals surface area contributed by atoms with Gasteiger partial charge in [-0.1, -0.05) is 15.9 Å². The van der Waals surface area contributed by atoms with Crippen LogP contribution in [-0.2, 0) is 9.84 Å². The van der Waals surface area contributed by atoms with Gasteiger partial charge in [0.25, 0.3) is 6.43 Å². The molecule has 1 rings (SSSR count). The first-order valence-electron chi connectivity index (χ1n) is 4.21. The molecule has 0 N–H and O–H groups in total. The highest BCUT2D eigenvalue weighted by Crippen LogP contribution is 2.27. The number of hydrogen-bond acceptors (Lipinski definition) is 3. The third-order valence-electron chi connectivity index (χ3n) is 1.67. The fourth-order valence-electron chi connectivity index (χ4n) is 1.05. The molecule has 7 heteroatoms. The zero-order chi connectivity index (χ0) is 12.3. The molecule has 0 aromatic heterocycles. The second-order valence-electron chi connectivity index (χ2n) is 3.07. The van der Waals surface area contributed by atoms with Gasteiger partial charge in [-0.25, -0.2) is 17.2 Å². The molecular weight excluding hydrogens is 306 g/mol. The molecule has 0 aliphatic heterocycles. The molecule has 0 aliphatic rings. The molecule has 1 aromatic rings. The molecule has 0 atom stereocenters. The summed E-state index contributed by atoms with van der Waals surface area (Å²) in [7, 11) is -3.49. The zero-order valence-corrected chi connectivity index (χ0v) is 10.7. The van der Waals surface area contributed by atoms with Gasteiger partial charge in [0.1, 0.15) is 17.3 Å². The Morgan fingerprint density at radius 2 is 2.06 bits per heavy atom. The summed E-state index contributed by atoms with van der Waals surface area (Å²) in [4.78, 5) is -0.101. The lowest BCUT2D eigenvalue weighted by Crippen LogP contribution is -2.10. The predicted molar refractivity (Wildman–Crippen MR) is 58.8 cm³/mol. The average Bonchev–Trinajstić information content (AvgIpc) is 2.12. The molecule has 0 unspecified atom stereocenters. The Balaban J connectivity index is 3.09. The second-order valence-corrected chi connectivity index (χ2v) is 5.97. The molecule has 0 spiro atoms. The molecule has 0 radical (unpaired) electrons. The summed E-state index contributed by atoms with van der Waals surface area (Å²) in [6.07, 6.45) is -1.66. The predicted octanol–water partition coefficient (Wildman–Crippen LogP) is 2.50. The Morgan fingerprint density at radius 3 is 2.56 bits per heavy atom. The monoisotopic (exact) mass is 314 g/mol. The molecule has 0 amide bonds. The van der Waals surface area contributed by atoms with Crippen molar-refractivity contribution < 1.29 is 21.9 Å². The van der Waals surface area contributed by atoms with Crippen LogP contribution in [0.4, 0.5) is 8.78 Å². The van der Waals surface area contributed by atoms with E-state index < -0.39 is 22.9 Å².